The molecule has 136 valence electrons. The number of ether oxygens (including phenoxy) is 1. The van der Waals surface area contributed by atoms with E-state index in [-0.39, 0.29) is 27.9 Å². The number of pyridine rings is 1. The van der Waals surface area contributed by atoms with Crippen molar-refractivity contribution in [2.75, 3.05) is 5.32 Å². The van der Waals surface area contributed by atoms with Crippen LogP contribution in [0, 0.1) is 5.82 Å². The molecule has 1 amide bonds. The number of hydrogen-bond acceptors (Lipinski definition) is 4. The van der Waals surface area contributed by atoms with Crippen LogP contribution in [0.3, 0.4) is 0 Å². The number of hydrogen-bond donors (Lipinski definition) is 2. The van der Waals surface area contributed by atoms with Crippen LogP contribution in [0.4, 0.5) is 14.9 Å². The second-order valence-electron chi connectivity index (χ2n) is 5.82. The van der Waals surface area contributed by atoms with Crippen molar-refractivity contribution in [1.29, 1.82) is 0 Å². The van der Waals surface area contributed by atoms with Gasteiger partial charge in [-0.1, -0.05) is 23.2 Å². The van der Waals surface area contributed by atoms with Crippen molar-refractivity contribution in [3.63, 3.8) is 0 Å². The average molecular weight is 399 g/mol. The highest BCUT2D eigenvalue weighted by Gasteiger charge is 2.31. The van der Waals surface area contributed by atoms with Crippen LogP contribution in [0.1, 0.15) is 31.2 Å². The van der Waals surface area contributed by atoms with Gasteiger partial charge in [-0.05, 0) is 37.0 Å². The Kier molecular flexibility index (Phi) is 5.02. The summed E-state index contributed by atoms with van der Waals surface area (Å²) in [5, 5.41) is 11.4. The maximum Gasteiger partial charge on any atom is 0.512 e. The van der Waals surface area contributed by atoms with Crippen molar-refractivity contribution in [3.05, 3.63) is 39.6 Å². The van der Waals surface area contributed by atoms with E-state index in [9.17, 15) is 14.0 Å². The first-order valence-electron chi connectivity index (χ1n) is 7.65. The lowest BCUT2D eigenvalue weighted by molar-refractivity contribution is -0.114. The highest BCUT2D eigenvalue weighted by Crippen LogP contribution is 2.46. The molecule has 1 aromatic carbocycles. The fourth-order valence-electron chi connectivity index (χ4n) is 2.59. The third-order valence-corrected chi connectivity index (χ3v) is 4.50. The molecule has 0 unspecified atom stereocenters. The molecule has 0 radical (unpaired) electrons. The summed E-state index contributed by atoms with van der Waals surface area (Å²) in [5.41, 5.74) is 0.630. The van der Waals surface area contributed by atoms with Gasteiger partial charge in [0, 0.05) is 23.1 Å². The van der Waals surface area contributed by atoms with Crippen LogP contribution >= 0.6 is 23.2 Å². The summed E-state index contributed by atoms with van der Waals surface area (Å²) in [7, 11) is 0. The Morgan fingerprint density at radius 3 is 2.62 bits per heavy atom. The molecule has 0 saturated heterocycles. The van der Waals surface area contributed by atoms with Gasteiger partial charge in [-0.25, -0.2) is 14.2 Å². The van der Waals surface area contributed by atoms with Crippen LogP contribution in [0.2, 0.25) is 10.0 Å². The van der Waals surface area contributed by atoms with Gasteiger partial charge in [0.25, 0.3) is 0 Å². The Balaban J connectivity index is 2.16. The smallest absolute Gasteiger partial charge is 0.449 e. The minimum Gasteiger partial charge on any atom is -0.449 e. The number of halogens is 3. The molecule has 0 atom stereocenters. The van der Waals surface area contributed by atoms with E-state index in [0.717, 1.165) is 12.8 Å². The number of carbonyl (C=O) groups is 2. The highest BCUT2D eigenvalue weighted by atomic mass is 35.5. The van der Waals surface area contributed by atoms with Gasteiger partial charge in [0.2, 0.25) is 11.8 Å². The molecule has 6 nitrogen and oxygen atoms in total. The Morgan fingerprint density at radius 2 is 2.04 bits per heavy atom. The maximum absolute atomic E-state index is 15.0. The molecule has 3 rings (SSSR count). The van der Waals surface area contributed by atoms with Crippen LogP contribution < -0.4 is 10.1 Å². The summed E-state index contributed by atoms with van der Waals surface area (Å²) in [6, 6.07) is 4.34. The van der Waals surface area contributed by atoms with Gasteiger partial charge in [0.15, 0.2) is 0 Å². The molecule has 1 aliphatic carbocycles. The minimum atomic E-state index is -1.64. The van der Waals surface area contributed by atoms with Gasteiger partial charge in [0.1, 0.15) is 10.8 Å². The van der Waals surface area contributed by atoms with Crippen LogP contribution in [-0.4, -0.2) is 22.2 Å². The number of nitrogens with one attached hydrogen (secondary N) is 1. The van der Waals surface area contributed by atoms with E-state index in [4.69, 9.17) is 28.3 Å². The van der Waals surface area contributed by atoms with Crippen LogP contribution in [0.25, 0.3) is 11.3 Å². The SMILES string of the molecule is CC(=O)Nc1cc(-c2ccc(Cl)c(C3CC3)c2F)nc(OC(=O)O)c1Cl. The summed E-state index contributed by atoms with van der Waals surface area (Å²) in [5.74, 6) is -1.38. The van der Waals surface area contributed by atoms with Crippen LogP contribution in [0.5, 0.6) is 5.88 Å². The molecule has 2 aromatic rings. The van der Waals surface area contributed by atoms with Crippen molar-refractivity contribution in [2.24, 2.45) is 0 Å². The summed E-state index contributed by atoms with van der Waals surface area (Å²) >= 11 is 12.1. The lowest BCUT2D eigenvalue weighted by Crippen LogP contribution is -2.10. The van der Waals surface area contributed by atoms with Crippen molar-refractivity contribution in [2.45, 2.75) is 25.7 Å². The first-order chi connectivity index (χ1) is 12.3. The predicted octanol–water partition coefficient (Wildman–Crippen LogP) is 5.09. The van der Waals surface area contributed by atoms with Gasteiger partial charge in [-0.2, -0.15) is 0 Å². The van der Waals surface area contributed by atoms with Gasteiger partial charge in [-0.3, -0.25) is 4.79 Å². The number of amides is 1. The summed E-state index contributed by atoms with van der Waals surface area (Å²) in [6.45, 7) is 1.25. The third-order valence-electron chi connectivity index (χ3n) is 3.81. The zero-order valence-corrected chi connectivity index (χ0v) is 15.0. The highest BCUT2D eigenvalue weighted by molar-refractivity contribution is 6.35. The minimum absolute atomic E-state index is 0.0549. The molecule has 1 aliphatic rings. The molecule has 26 heavy (non-hydrogen) atoms. The second kappa shape index (κ2) is 7.09. The zero-order chi connectivity index (χ0) is 19.0. The normalized spacial score (nSPS) is 13.4. The van der Waals surface area contributed by atoms with Crippen molar-refractivity contribution in [3.8, 4) is 17.1 Å². The van der Waals surface area contributed by atoms with E-state index in [0.29, 0.717) is 10.6 Å². The molecule has 2 N–H and O–H groups in total. The number of benzene rings is 1. The van der Waals surface area contributed by atoms with Crippen molar-refractivity contribution >= 4 is 41.0 Å². The third kappa shape index (κ3) is 3.73. The standard InChI is InChI=1S/C17H13Cl2FN2O4/c1-7(23)21-12-6-11(22-16(14(12)19)26-17(24)25)9-4-5-10(18)13(15(9)20)8-2-3-8/h4-6,8H,2-3H2,1H3,(H,24,25)(H,21,22,23). The van der Waals surface area contributed by atoms with Gasteiger partial charge >= 0.3 is 6.16 Å². The van der Waals surface area contributed by atoms with Gasteiger partial charge < -0.3 is 15.2 Å². The monoisotopic (exact) mass is 398 g/mol. The number of rotatable bonds is 4. The Morgan fingerprint density at radius 1 is 1.35 bits per heavy atom. The van der Waals surface area contributed by atoms with Crippen molar-refractivity contribution in [1.82, 2.24) is 4.98 Å². The lowest BCUT2D eigenvalue weighted by atomic mass is 10.0. The first kappa shape index (κ1) is 18.4. The van der Waals surface area contributed by atoms with Gasteiger partial charge in [-0.15, -0.1) is 0 Å². The molecule has 1 fully saturated rings. The molecular weight excluding hydrogens is 386 g/mol. The molecule has 1 heterocycles. The zero-order valence-electron chi connectivity index (χ0n) is 13.5. The fraction of sp³-hybridized carbons (Fsp3) is 0.235. The number of anilines is 1. The topological polar surface area (TPSA) is 88.5 Å². The molecule has 0 aliphatic heterocycles. The Hall–Kier alpha value is -2.38. The van der Waals surface area contributed by atoms with Gasteiger partial charge in [0.05, 0.1) is 11.4 Å². The molecule has 1 aromatic heterocycles. The number of nitrogens with zero attached hydrogens (tertiary/aromatic N) is 1. The van der Waals surface area contributed by atoms with E-state index < -0.39 is 23.8 Å². The molecule has 0 spiro atoms. The maximum atomic E-state index is 15.0. The van der Waals surface area contributed by atoms with E-state index in [1.807, 2.05) is 0 Å². The molecular formula is C17H13Cl2FN2O4. The summed E-state index contributed by atoms with van der Waals surface area (Å²) in [4.78, 5) is 26.2. The Bertz CT molecular complexity index is 879. The Labute approximate surface area is 157 Å². The molecule has 1 saturated carbocycles. The number of aromatic nitrogens is 1. The second-order valence-corrected chi connectivity index (χ2v) is 6.61. The van der Waals surface area contributed by atoms with E-state index >= 15 is 0 Å². The van der Waals surface area contributed by atoms with E-state index in [1.165, 1.54) is 19.1 Å². The molecule has 9 heteroatoms. The fourth-order valence-corrected chi connectivity index (χ4v) is 3.07. The van der Waals surface area contributed by atoms with Crippen LogP contribution in [0.15, 0.2) is 18.2 Å². The summed E-state index contributed by atoms with van der Waals surface area (Å²) in [6.07, 6.45) is 0.0534. The average Bonchev–Trinajstić information content (AvgIpc) is 3.35. The van der Waals surface area contributed by atoms with E-state index in [1.54, 1.807) is 6.07 Å². The predicted molar refractivity (Wildman–Crippen MR) is 94.6 cm³/mol. The molecule has 0 bridgehead atoms. The quantitative estimate of drug-likeness (QED) is 0.700. The first-order valence-corrected chi connectivity index (χ1v) is 8.40. The largest absolute Gasteiger partial charge is 0.512 e. The van der Waals surface area contributed by atoms with Crippen molar-refractivity contribution < 1.29 is 23.8 Å². The van der Waals surface area contributed by atoms with E-state index in [2.05, 4.69) is 15.0 Å². The number of carbonyl (C=O) groups excluding carboxylic acids is 1. The van der Waals surface area contributed by atoms with Crippen LogP contribution in [-0.2, 0) is 4.79 Å². The lowest BCUT2D eigenvalue weighted by Gasteiger charge is -2.13. The number of carboxylic acid groups (broad SMARTS) is 1. The summed E-state index contributed by atoms with van der Waals surface area (Å²) < 4.78 is 19.6.